The second-order valence-corrected chi connectivity index (χ2v) is 6.23. The van der Waals surface area contributed by atoms with Gasteiger partial charge in [-0.25, -0.2) is 0 Å². The van der Waals surface area contributed by atoms with Crippen LogP contribution in [0.2, 0.25) is 0 Å². The summed E-state index contributed by atoms with van der Waals surface area (Å²) in [5.74, 6) is -0.255. The molecule has 1 aliphatic heterocycles. The van der Waals surface area contributed by atoms with Gasteiger partial charge in [-0.1, -0.05) is 42.1 Å². The number of amides is 1. The molecule has 0 spiro atoms. The minimum absolute atomic E-state index is 0.179. The van der Waals surface area contributed by atoms with Gasteiger partial charge in [-0.05, 0) is 24.0 Å². The Balaban J connectivity index is 1.72. The van der Waals surface area contributed by atoms with Crippen LogP contribution in [0.3, 0.4) is 0 Å². The van der Waals surface area contributed by atoms with Crippen LogP contribution in [0.25, 0.3) is 0 Å². The van der Waals surface area contributed by atoms with Crippen molar-refractivity contribution in [3.8, 4) is 0 Å². The van der Waals surface area contributed by atoms with Crippen LogP contribution < -0.4 is 10.9 Å². The fourth-order valence-corrected chi connectivity index (χ4v) is 3.39. The maximum absolute atomic E-state index is 12.3. The predicted octanol–water partition coefficient (Wildman–Crippen LogP) is 2.50. The van der Waals surface area contributed by atoms with Crippen LogP contribution in [-0.4, -0.2) is 21.3 Å². The van der Waals surface area contributed by atoms with E-state index in [1.165, 1.54) is 17.8 Å². The number of pyridine rings is 1. The molecule has 5 nitrogen and oxygen atoms in total. The average Bonchev–Trinajstić information content (AvgIpc) is 2.89. The fraction of sp³-hybridized carbons (Fsp3) is 0.176. The molecule has 118 valence electrons. The van der Waals surface area contributed by atoms with E-state index in [1.54, 1.807) is 17.8 Å². The smallest absolute Gasteiger partial charge is 0.253 e. The third-order valence-corrected chi connectivity index (χ3v) is 4.70. The lowest BCUT2D eigenvalue weighted by Crippen LogP contribution is -2.42. The molecule has 6 heteroatoms. The van der Waals surface area contributed by atoms with E-state index in [9.17, 15) is 9.59 Å². The van der Waals surface area contributed by atoms with Crippen LogP contribution in [0.5, 0.6) is 0 Å². The number of hydrogen-bond acceptors (Lipinski definition) is 4. The van der Waals surface area contributed by atoms with Crippen molar-refractivity contribution in [2.75, 3.05) is 0 Å². The summed E-state index contributed by atoms with van der Waals surface area (Å²) < 4.78 is 0. The van der Waals surface area contributed by atoms with Crippen LogP contribution in [0.1, 0.15) is 22.8 Å². The van der Waals surface area contributed by atoms with Crippen LogP contribution in [0.4, 0.5) is 0 Å². The summed E-state index contributed by atoms with van der Waals surface area (Å²) in [6, 6.07) is 13.0. The molecule has 0 radical (unpaired) electrons. The highest BCUT2D eigenvalue weighted by atomic mass is 32.2. The molecule has 2 heterocycles. The lowest BCUT2D eigenvalue weighted by atomic mass is 10.2. The van der Waals surface area contributed by atoms with E-state index >= 15 is 0 Å². The zero-order valence-electron chi connectivity index (χ0n) is 12.7. The number of allylic oxidation sites excluding steroid dienone is 1. The summed E-state index contributed by atoms with van der Waals surface area (Å²) >= 11 is 1.55. The van der Waals surface area contributed by atoms with Gasteiger partial charge in [0.2, 0.25) is 5.56 Å². The highest BCUT2D eigenvalue weighted by Crippen LogP contribution is 2.30. The number of rotatable bonds is 4. The molecule has 1 amide bonds. The molecule has 3 rings (SSSR count). The van der Waals surface area contributed by atoms with E-state index in [0.717, 1.165) is 12.2 Å². The summed E-state index contributed by atoms with van der Waals surface area (Å²) in [4.78, 5) is 28.3. The zero-order valence-corrected chi connectivity index (χ0v) is 13.5. The number of nitrogens with one attached hydrogen (secondary N) is 2. The van der Waals surface area contributed by atoms with Gasteiger partial charge in [0.25, 0.3) is 5.91 Å². The molecule has 2 aromatic rings. The fourth-order valence-electron chi connectivity index (χ4n) is 2.37. The highest BCUT2D eigenvalue weighted by Gasteiger charge is 2.26. The number of carbonyl (C=O) groups excluding carboxylic acids is 1. The maximum Gasteiger partial charge on any atom is 0.253 e. The third-order valence-electron chi connectivity index (χ3n) is 3.59. The molecule has 0 saturated carbocycles. The van der Waals surface area contributed by atoms with Crippen molar-refractivity contribution in [3.63, 3.8) is 0 Å². The second-order valence-electron chi connectivity index (χ2n) is 5.28. The summed E-state index contributed by atoms with van der Waals surface area (Å²) in [5, 5.41) is 5.00. The minimum Gasteiger partial charge on any atom is -0.341 e. The van der Waals surface area contributed by atoms with Crippen molar-refractivity contribution in [2.24, 2.45) is 0 Å². The van der Waals surface area contributed by atoms with E-state index in [2.05, 4.69) is 27.3 Å². The molecule has 0 bridgehead atoms. The van der Waals surface area contributed by atoms with Gasteiger partial charge in [0.15, 0.2) is 5.50 Å². The summed E-state index contributed by atoms with van der Waals surface area (Å²) in [6.45, 7) is 2.74. The van der Waals surface area contributed by atoms with Crippen LogP contribution in [0, 0.1) is 0 Å². The summed E-state index contributed by atoms with van der Waals surface area (Å²) in [6.07, 6.45) is 1.48. The van der Waals surface area contributed by atoms with E-state index in [-0.39, 0.29) is 17.0 Å². The van der Waals surface area contributed by atoms with E-state index < -0.39 is 0 Å². The Morgan fingerprint density at radius 2 is 2.09 bits per heavy atom. The van der Waals surface area contributed by atoms with Gasteiger partial charge in [-0.2, -0.15) is 0 Å². The van der Waals surface area contributed by atoms with E-state index in [1.807, 2.05) is 30.5 Å². The topological polar surface area (TPSA) is 65.2 Å². The Labute approximate surface area is 138 Å². The summed E-state index contributed by atoms with van der Waals surface area (Å²) in [5.41, 5.74) is 2.18. The standard InChI is InChI=1S/C17H17N3O2S/c1-12-11-23-17(20(12)10-13-5-3-2-4-6-13)19-16(22)14-7-8-18-15(21)9-14/h2-9,11,17H,10H2,1H3,(H,18,21)(H,19,22). The van der Waals surface area contributed by atoms with Crippen LogP contribution in [0.15, 0.2) is 64.6 Å². The summed E-state index contributed by atoms with van der Waals surface area (Å²) in [7, 11) is 0. The Morgan fingerprint density at radius 3 is 2.83 bits per heavy atom. The van der Waals surface area contributed by atoms with E-state index in [0.29, 0.717) is 5.56 Å². The number of carbonyl (C=O) groups is 1. The molecule has 23 heavy (non-hydrogen) atoms. The molecule has 1 aromatic heterocycles. The number of nitrogens with zero attached hydrogens (tertiary/aromatic N) is 1. The number of hydrogen-bond donors (Lipinski definition) is 2. The van der Waals surface area contributed by atoms with Crippen molar-refractivity contribution in [1.82, 2.24) is 15.2 Å². The number of H-pyrrole nitrogens is 1. The van der Waals surface area contributed by atoms with Crippen molar-refractivity contribution in [1.29, 1.82) is 0 Å². The number of aromatic amines is 1. The van der Waals surface area contributed by atoms with Crippen LogP contribution >= 0.6 is 11.8 Å². The minimum atomic E-state index is -0.285. The van der Waals surface area contributed by atoms with Crippen molar-refractivity contribution >= 4 is 17.7 Å². The molecule has 1 aromatic carbocycles. The average molecular weight is 327 g/mol. The van der Waals surface area contributed by atoms with Gasteiger partial charge in [0, 0.05) is 30.1 Å². The molecule has 0 saturated heterocycles. The van der Waals surface area contributed by atoms with Crippen molar-refractivity contribution < 1.29 is 4.79 Å². The Bertz CT molecular complexity index is 786. The molecule has 0 aliphatic carbocycles. The molecular formula is C17H17N3O2S. The Kier molecular flexibility index (Phi) is 4.52. The Hall–Kier alpha value is -2.47. The first-order valence-corrected chi connectivity index (χ1v) is 8.20. The monoisotopic (exact) mass is 327 g/mol. The normalized spacial score (nSPS) is 17.0. The van der Waals surface area contributed by atoms with Gasteiger partial charge < -0.3 is 15.2 Å². The number of aromatic nitrogens is 1. The first kappa shape index (κ1) is 15.4. The van der Waals surface area contributed by atoms with Gasteiger partial charge in [-0.3, -0.25) is 9.59 Å². The predicted molar refractivity (Wildman–Crippen MR) is 91.6 cm³/mol. The molecule has 2 N–H and O–H groups in total. The van der Waals surface area contributed by atoms with E-state index in [4.69, 9.17) is 0 Å². The first-order valence-electron chi connectivity index (χ1n) is 7.26. The lowest BCUT2D eigenvalue weighted by molar-refractivity contribution is 0.0921. The quantitative estimate of drug-likeness (QED) is 0.905. The van der Waals surface area contributed by atoms with Crippen LogP contribution in [-0.2, 0) is 6.54 Å². The zero-order chi connectivity index (χ0) is 16.2. The number of benzene rings is 1. The maximum atomic E-state index is 12.3. The number of thioether (sulfide) groups is 1. The SMILES string of the molecule is CC1=CSC(NC(=O)c2cc[nH]c(=O)c2)N1Cc1ccccc1. The molecule has 0 fully saturated rings. The molecule has 1 atom stereocenters. The largest absolute Gasteiger partial charge is 0.341 e. The van der Waals surface area contributed by atoms with Gasteiger partial charge in [0.1, 0.15) is 0 Å². The van der Waals surface area contributed by atoms with Gasteiger partial charge in [-0.15, -0.1) is 0 Å². The molecule has 1 aliphatic rings. The van der Waals surface area contributed by atoms with Crippen molar-refractivity contribution in [3.05, 3.63) is 81.2 Å². The molecule has 1 unspecified atom stereocenters. The van der Waals surface area contributed by atoms with Crippen molar-refractivity contribution in [2.45, 2.75) is 19.0 Å². The van der Waals surface area contributed by atoms with Gasteiger partial charge in [0.05, 0.1) is 0 Å². The first-order chi connectivity index (χ1) is 11.1. The molecular weight excluding hydrogens is 310 g/mol. The lowest BCUT2D eigenvalue weighted by Gasteiger charge is -2.28. The second kappa shape index (κ2) is 6.75. The van der Waals surface area contributed by atoms with Gasteiger partial charge >= 0.3 is 0 Å². The third kappa shape index (κ3) is 3.65. The highest BCUT2D eigenvalue weighted by molar-refractivity contribution is 8.02. The Morgan fingerprint density at radius 1 is 1.30 bits per heavy atom.